The number of nitrogens with one attached hydrogen (secondary N) is 1. The molecule has 0 fully saturated rings. The molecule has 3 heteroatoms. The molecule has 0 bridgehead atoms. The van der Waals surface area contributed by atoms with Crippen molar-refractivity contribution in [3.63, 3.8) is 0 Å². The van der Waals surface area contributed by atoms with Gasteiger partial charge < -0.3 is 15.3 Å². The first-order valence-electron chi connectivity index (χ1n) is 7.31. The van der Waals surface area contributed by atoms with Crippen molar-refractivity contribution in [3.05, 3.63) is 30.3 Å². The van der Waals surface area contributed by atoms with Gasteiger partial charge in [0.2, 0.25) is 0 Å². The van der Waals surface area contributed by atoms with Crippen molar-refractivity contribution in [1.29, 1.82) is 0 Å². The van der Waals surface area contributed by atoms with E-state index in [-0.39, 0.29) is 12.1 Å². The van der Waals surface area contributed by atoms with Crippen molar-refractivity contribution in [1.82, 2.24) is 5.32 Å². The minimum absolute atomic E-state index is 0.115. The fourth-order valence-corrected chi connectivity index (χ4v) is 2.47. The molecule has 2 N–H and O–H groups in total. The number of aliphatic hydroxyl groups is 1. The number of anilines is 1. The van der Waals surface area contributed by atoms with Crippen molar-refractivity contribution in [2.75, 3.05) is 31.6 Å². The number of nitrogens with zero attached hydrogens (tertiary/aromatic N) is 1. The third-order valence-electron chi connectivity index (χ3n) is 4.10. The van der Waals surface area contributed by atoms with Gasteiger partial charge in [-0.05, 0) is 45.4 Å². The Morgan fingerprint density at radius 2 is 1.89 bits per heavy atom. The fourth-order valence-electron chi connectivity index (χ4n) is 2.47. The predicted molar refractivity (Wildman–Crippen MR) is 82.7 cm³/mol. The summed E-state index contributed by atoms with van der Waals surface area (Å²) >= 11 is 0. The summed E-state index contributed by atoms with van der Waals surface area (Å²) in [5, 5.41) is 12.8. The van der Waals surface area contributed by atoms with Crippen LogP contribution in [0.1, 0.15) is 33.1 Å². The lowest BCUT2D eigenvalue weighted by Crippen LogP contribution is -2.46. The maximum Gasteiger partial charge on any atom is 0.0613 e. The lowest BCUT2D eigenvalue weighted by atomic mass is 9.91. The molecule has 0 radical (unpaired) electrons. The number of para-hydroxylation sites is 1. The van der Waals surface area contributed by atoms with Gasteiger partial charge in [-0.2, -0.15) is 0 Å². The lowest BCUT2D eigenvalue weighted by molar-refractivity contribution is 0.153. The van der Waals surface area contributed by atoms with E-state index in [4.69, 9.17) is 0 Å². The van der Waals surface area contributed by atoms with Gasteiger partial charge in [0.25, 0.3) is 0 Å². The van der Waals surface area contributed by atoms with Crippen molar-refractivity contribution in [2.24, 2.45) is 0 Å². The highest BCUT2D eigenvalue weighted by molar-refractivity contribution is 5.45. The second-order valence-corrected chi connectivity index (χ2v) is 5.06. The summed E-state index contributed by atoms with van der Waals surface area (Å²) in [6.45, 7) is 6.56. The molecule has 1 aromatic carbocycles. The smallest absolute Gasteiger partial charge is 0.0613 e. The Labute approximate surface area is 117 Å². The molecule has 1 unspecified atom stereocenters. The van der Waals surface area contributed by atoms with E-state index < -0.39 is 0 Å². The van der Waals surface area contributed by atoms with E-state index in [1.165, 1.54) is 5.69 Å². The first-order chi connectivity index (χ1) is 9.21. The highest BCUT2D eigenvalue weighted by Gasteiger charge is 2.24. The number of rotatable bonds is 9. The first-order valence-corrected chi connectivity index (χ1v) is 7.31. The number of benzene rings is 1. The zero-order valence-corrected chi connectivity index (χ0v) is 12.5. The molecule has 0 aromatic heterocycles. The van der Waals surface area contributed by atoms with E-state index in [0.29, 0.717) is 0 Å². The average molecular weight is 264 g/mol. The molecule has 1 aromatic rings. The third kappa shape index (κ3) is 4.51. The molecular weight excluding hydrogens is 236 g/mol. The normalized spacial score (nSPS) is 14.1. The number of aliphatic hydroxyl groups excluding tert-OH is 1. The molecule has 0 heterocycles. The summed E-state index contributed by atoms with van der Waals surface area (Å²) in [6.07, 6.45) is 3.04. The fraction of sp³-hybridized carbons (Fsp3) is 0.625. The Morgan fingerprint density at radius 3 is 2.37 bits per heavy atom. The third-order valence-corrected chi connectivity index (χ3v) is 4.10. The van der Waals surface area contributed by atoms with E-state index in [1.54, 1.807) is 0 Å². The Kier molecular flexibility index (Phi) is 6.89. The van der Waals surface area contributed by atoms with Gasteiger partial charge in [0.1, 0.15) is 0 Å². The molecule has 0 saturated carbocycles. The van der Waals surface area contributed by atoms with Gasteiger partial charge >= 0.3 is 0 Å². The van der Waals surface area contributed by atoms with Crippen LogP contribution in [-0.4, -0.2) is 37.4 Å². The van der Waals surface area contributed by atoms with Gasteiger partial charge in [-0.15, -0.1) is 0 Å². The molecule has 19 heavy (non-hydrogen) atoms. The standard InChI is InChI=1S/C16H28N2O/c1-4-16(14-19,17-3)12-9-13-18(5-2)15-10-7-6-8-11-15/h6-8,10-11,17,19H,4-5,9,12-14H2,1-3H3. The highest BCUT2D eigenvalue weighted by Crippen LogP contribution is 2.19. The van der Waals surface area contributed by atoms with Gasteiger partial charge in [-0.3, -0.25) is 0 Å². The molecule has 0 saturated heterocycles. The zero-order valence-electron chi connectivity index (χ0n) is 12.5. The molecular formula is C16H28N2O. The number of hydrogen-bond donors (Lipinski definition) is 2. The van der Waals surface area contributed by atoms with Gasteiger partial charge in [0.15, 0.2) is 0 Å². The largest absolute Gasteiger partial charge is 0.394 e. The quantitative estimate of drug-likeness (QED) is 0.720. The summed E-state index contributed by atoms with van der Waals surface area (Å²) in [6, 6.07) is 10.5. The van der Waals surface area contributed by atoms with E-state index in [0.717, 1.165) is 32.4 Å². The van der Waals surface area contributed by atoms with Crippen LogP contribution < -0.4 is 10.2 Å². The number of hydrogen-bond acceptors (Lipinski definition) is 3. The summed E-state index contributed by atoms with van der Waals surface area (Å²) < 4.78 is 0. The van der Waals surface area contributed by atoms with Crippen LogP contribution in [0.3, 0.4) is 0 Å². The first kappa shape index (κ1) is 16.0. The Hall–Kier alpha value is -1.06. The predicted octanol–water partition coefficient (Wildman–Crippen LogP) is 2.65. The molecule has 0 aliphatic rings. The minimum atomic E-state index is -0.115. The Morgan fingerprint density at radius 1 is 1.21 bits per heavy atom. The van der Waals surface area contributed by atoms with Crippen molar-refractivity contribution >= 4 is 5.69 Å². The number of likely N-dealkylation sites (N-methyl/N-ethyl adjacent to an activating group) is 1. The maximum atomic E-state index is 9.54. The lowest BCUT2D eigenvalue weighted by Gasteiger charge is -2.32. The van der Waals surface area contributed by atoms with Crippen LogP contribution in [-0.2, 0) is 0 Å². The Bertz CT molecular complexity index is 328. The van der Waals surface area contributed by atoms with Crippen LogP contribution >= 0.6 is 0 Å². The van der Waals surface area contributed by atoms with Gasteiger partial charge in [0.05, 0.1) is 6.61 Å². The average Bonchev–Trinajstić information content (AvgIpc) is 2.49. The van der Waals surface area contributed by atoms with Crippen LogP contribution in [0.4, 0.5) is 5.69 Å². The SMILES string of the molecule is CCN(CCCC(CC)(CO)NC)c1ccccc1. The molecule has 108 valence electrons. The molecule has 0 amide bonds. The van der Waals surface area contributed by atoms with Crippen LogP contribution in [0.5, 0.6) is 0 Å². The van der Waals surface area contributed by atoms with Crippen LogP contribution in [0, 0.1) is 0 Å². The van der Waals surface area contributed by atoms with Crippen molar-refractivity contribution in [3.8, 4) is 0 Å². The van der Waals surface area contributed by atoms with E-state index in [2.05, 4.69) is 48.3 Å². The second kappa shape index (κ2) is 8.18. The van der Waals surface area contributed by atoms with Gasteiger partial charge in [-0.1, -0.05) is 25.1 Å². The Balaban J connectivity index is 2.51. The van der Waals surface area contributed by atoms with Crippen LogP contribution in [0.15, 0.2) is 30.3 Å². The maximum absolute atomic E-state index is 9.54. The highest BCUT2D eigenvalue weighted by atomic mass is 16.3. The zero-order chi connectivity index (χ0) is 14.1. The van der Waals surface area contributed by atoms with E-state index in [9.17, 15) is 5.11 Å². The molecule has 0 aliphatic heterocycles. The minimum Gasteiger partial charge on any atom is -0.394 e. The molecule has 0 spiro atoms. The molecule has 0 aliphatic carbocycles. The van der Waals surface area contributed by atoms with E-state index >= 15 is 0 Å². The molecule has 1 rings (SSSR count). The topological polar surface area (TPSA) is 35.5 Å². The summed E-state index contributed by atoms with van der Waals surface area (Å²) in [5.74, 6) is 0. The summed E-state index contributed by atoms with van der Waals surface area (Å²) in [5.41, 5.74) is 1.16. The van der Waals surface area contributed by atoms with Crippen molar-refractivity contribution in [2.45, 2.75) is 38.6 Å². The van der Waals surface area contributed by atoms with Crippen molar-refractivity contribution < 1.29 is 5.11 Å². The summed E-state index contributed by atoms with van der Waals surface area (Å²) in [4.78, 5) is 2.38. The van der Waals surface area contributed by atoms with Crippen LogP contribution in [0.2, 0.25) is 0 Å². The van der Waals surface area contributed by atoms with Crippen LogP contribution in [0.25, 0.3) is 0 Å². The molecule has 1 atom stereocenters. The monoisotopic (exact) mass is 264 g/mol. The van der Waals surface area contributed by atoms with Gasteiger partial charge in [0, 0.05) is 24.3 Å². The molecule has 3 nitrogen and oxygen atoms in total. The van der Waals surface area contributed by atoms with Gasteiger partial charge in [-0.25, -0.2) is 0 Å². The van der Waals surface area contributed by atoms with E-state index in [1.807, 2.05) is 13.1 Å². The second-order valence-electron chi connectivity index (χ2n) is 5.06. The summed E-state index contributed by atoms with van der Waals surface area (Å²) in [7, 11) is 1.94.